The standard InChI is InChI=1S/C8H18N2S/c1-7(2)10-11-8-3-5-9-6-4-8/h7-10H,3-6H2,1-2H3. The van der Waals surface area contributed by atoms with Crippen molar-refractivity contribution >= 4 is 11.9 Å². The lowest BCUT2D eigenvalue weighted by molar-refractivity contribution is 0.529. The Morgan fingerprint density at radius 2 is 2.00 bits per heavy atom. The molecule has 0 aromatic heterocycles. The summed E-state index contributed by atoms with van der Waals surface area (Å²) in [4.78, 5) is 0. The summed E-state index contributed by atoms with van der Waals surface area (Å²) in [6.07, 6.45) is 2.62. The molecule has 0 amide bonds. The van der Waals surface area contributed by atoms with Gasteiger partial charge in [0.1, 0.15) is 0 Å². The fourth-order valence-corrected chi connectivity index (χ4v) is 2.08. The van der Waals surface area contributed by atoms with Crippen LogP contribution in [0.15, 0.2) is 0 Å². The summed E-state index contributed by atoms with van der Waals surface area (Å²) in [6, 6.07) is 0.606. The van der Waals surface area contributed by atoms with E-state index in [1.165, 1.54) is 25.9 Å². The minimum absolute atomic E-state index is 0.606. The molecule has 1 aliphatic heterocycles. The van der Waals surface area contributed by atoms with Crippen molar-refractivity contribution in [2.45, 2.75) is 38.0 Å². The zero-order valence-electron chi connectivity index (χ0n) is 7.39. The van der Waals surface area contributed by atoms with Gasteiger partial charge in [-0.3, -0.25) is 4.72 Å². The summed E-state index contributed by atoms with van der Waals surface area (Å²) in [5, 5.41) is 4.19. The molecule has 0 atom stereocenters. The Bertz CT molecular complexity index is 100. The maximum atomic E-state index is 3.40. The van der Waals surface area contributed by atoms with E-state index in [4.69, 9.17) is 0 Å². The van der Waals surface area contributed by atoms with Gasteiger partial charge in [-0.15, -0.1) is 0 Å². The molecule has 0 unspecified atom stereocenters. The average molecular weight is 174 g/mol. The van der Waals surface area contributed by atoms with Crippen LogP contribution in [0.4, 0.5) is 0 Å². The molecule has 66 valence electrons. The molecule has 1 fully saturated rings. The molecule has 0 radical (unpaired) electrons. The molecule has 1 heterocycles. The third-order valence-electron chi connectivity index (χ3n) is 1.76. The van der Waals surface area contributed by atoms with E-state index in [9.17, 15) is 0 Å². The normalized spacial score (nSPS) is 21.0. The Kier molecular flexibility index (Phi) is 4.26. The highest BCUT2D eigenvalue weighted by molar-refractivity contribution is 7.98. The molecule has 0 aromatic rings. The zero-order valence-corrected chi connectivity index (χ0v) is 8.21. The van der Waals surface area contributed by atoms with Gasteiger partial charge in [-0.05, 0) is 39.8 Å². The lowest BCUT2D eigenvalue weighted by atomic mass is 10.2. The number of hydrogen-bond donors (Lipinski definition) is 2. The van der Waals surface area contributed by atoms with Crippen LogP contribution in [0.5, 0.6) is 0 Å². The minimum atomic E-state index is 0.606. The van der Waals surface area contributed by atoms with Gasteiger partial charge in [-0.1, -0.05) is 11.9 Å². The Balaban J connectivity index is 2.05. The van der Waals surface area contributed by atoms with Crippen LogP contribution in [-0.4, -0.2) is 24.4 Å². The third kappa shape index (κ3) is 3.99. The van der Waals surface area contributed by atoms with E-state index >= 15 is 0 Å². The van der Waals surface area contributed by atoms with Crippen molar-refractivity contribution in [3.05, 3.63) is 0 Å². The smallest absolute Gasteiger partial charge is 0.0217 e. The molecule has 1 rings (SSSR count). The van der Waals surface area contributed by atoms with Crippen molar-refractivity contribution < 1.29 is 0 Å². The maximum absolute atomic E-state index is 3.40. The van der Waals surface area contributed by atoms with Crippen molar-refractivity contribution in [2.75, 3.05) is 13.1 Å². The van der Waals surface area contributed by atoms with Crippen LogP contribution in [0.3, 0.4) is 0 Å². The largest absolute Gasteiger partial charge is 0.317 e. The van der Waals surface area contributed by atoms with Gasteiger partial charge in [0, 0.05) is 11.3 Å². The Morgan fingerprint density at radius 1 is 1.36 bits per heavy atom. The molecule has 0 bridgehead atoms. The number of rotatable bonds is 3. The second-order valence-corrected chi connectivity index (χ2v) is 4.48. The molecule has 0 aromatic carbocycles. The van der Waals surface area contributed by atoms with Gasteiger partial charge in [-0.2, -0.15) is 0 Å². The molecule has 2 N–H and O–H groups in total. The SMILES string of the molecule is CC(C)NSC1CCNCC1. The van der Waals surface area contributed by atoms with Gasteiger partial charge < -0.3 is 5.32 Å². The summed E-state index contributed by atoms with van der Waals surface area (Å²) in [7, 11) is 0. The summed E-state index contributed by atoms with van der Waals surface area (Å²) >= 11 is 1.92. The predicted molar refractivity (Wildman–Crippen MR) is 51.8 cm³/mol. The average Bonchev–Trinajstić information content (AvgIpc) is 2.03. The van der Waals surface area contributed by atoms with Crippen LogP contribution in [-0.2, 0) is 0 Å². The summed E-state index contributed by atoms with van der Waals surface area (Å²) in [5.41, 5.74) is 0. The highest BCUT2D eigenvalue weighted by Gasteiger charge is 2.13. The molecule has 3 heteroatoms. The van der Waals surface area contributed by atoms with E-state index < -0.39 is 0 Å². The van der Waals surface area contributed by atoms with Gasteiger partial charge >= 0.3 is 0 Å². The predicted octanol–water partition coefficient (Wildman–Crippen LogP) is 1.38. The first-order valence-electron chi connectivity index (χ1n) is 4.41. The van der Waals surface area contributed by atoms with E-state index in [1.54, 1.807) is 0 Å². The maximum Gasteiger partial charge on any atom is 0.0217 e. The van der Waals surface area contributed by atoms with E-state index in [0.717, 1.165) is 5.25 Å². The fourth-order valence-electron chi connectivity index (χ4n) is 1.15. The van der Waals surface area contributed by atoms with Gasteiger partial charge in [0.25, 0.3) is 0 Å². The van der Waals surface area contributed by atoms with Crippen molar-refractivity contribution in [2.24, 2.45) is 0 Å². The summed E-state index contributed by atoms with van der Waals surface area (Å²) < 4.78 is 3.40. The van der Waals surface area contributed by atoms with Crippen LogP contribution in [0.25, 0.3) is 0 Å². The molecular weight excluding hydrogens is 156 g/mol. The van der Waals surface area contributed by atoms with Crippen LogP contribution in [0.1, 0.15) is 26.7 Å². The van der Waals surface area contributed by atoms with E-state index in [2.05, 4.69) is 23.9 Å². The second-order valence-electron chi connectivity index (χ2n) is 3.34. The van der Waals surface area contributed by atoms with Crippen molar-refractivity contribution in [1.82, 2.24) is 10.0 Å². The number of nitrogens with one attached hydrogen (secondary N) is 2. The zero-order chi connectivity index (χ0) is 8.10. The van der Waals surface area contributed by atoms with Crippen molar-refractivity contribution in [3.8, 4) is 0 Å². The molecule has 1 saturated heterocycles. The summed E-state index contributed by atoms with van der Waals surface area (Å²) in [5.74, 6) is 0. The van der Waals surface area contributed by atoms with Gasteiger partial charge in [-0.25, -0.2) is 0 Å². The lowest BCUT2D eigenvalue weighted by Crippen LogP contribution is -2.31. The second kappa shape index (κ2) is 5.01. The third-order valence-corrected chi connectivity index (χ3v) is 3.17. The molecule has 1 aliphatic rings. The number of piperidine rings is 1. The van der Waals surface area contributed by atoms with Gasteiger partial charge in [0.2, 0.25) is 0 Å². The first-order valence-corrected chi connectivity index (χ1v) is 5.29. The molecule has 2 nitrogen and oxygen atoms in total. The molecular formula is C8H18N2S. The molecule has 11 heavy (non-hydrogen) atoms. The van der Waals surface area contributed by atoms with Gasteiger partial charge in [0.15, 0.2) is 0 Å². The first kappa shape index (κ1) is 9.36. The van der Waals surface area contributed by atoms with Crippen LogP contribution < -0.4 is 10.0 Å². The Labute approximate surface area is 73.6 Å². The summed E-state index contributed by atoms with van der Waals surface area (Å²) in [6.45, 7) is 6.76. The van der Waals surface area contributed by atoms with E-state index in [0.29, 0.717) is 6.04 Å². The van der Waals surface area contributed by atoms with Crippen LogP contribution in [0.2, 0.25) is 0 Å². The molecule has 0 saturated carbocycles. The first-order chi connectivity index (χ1) is 5.29. The quantitative estimate of drug-likeness (QED) is 0.632. The minimum Gasteiger partial charge on any atom is -0.317 e. The Morgan fingerprint density at radius 3 is 2.55 bits per heavy atom. The fraction of sp³-hybridized carbons (Fsp3) is 1.00. The molecule has 0 spiro atoms. The highest BCUT2D eigenvalue weighted by atomic mass is 32.2. The van der Waals surface area contributed by atoms with Crippen molar-refractivity contribution in [3.63, 3.8) is 0 Å². The highest BCUT2D eigenvalue weighted by Crippen LogP contribution is 2.17. The van der Waals surface area contributed by atoms with Crippen molar-refractivity contribution in [1.29, 1.82) is 0 Å². The molecule has 0 aliphatic carbocycles. The van der Waals surface area contributed by atoms with Gasteiger partial charge in [0.05, 0.1) is 0 Å². The van der Waals surface area contributed by atoms with E-state index in [-0.39, 0.29) is 0 Å². The van der Waals surface area contributed by atoms with Crippen LogP contribution in [0, 0.1) is 0 Å². The van der Waals surface area contributed by atoms with Crippen LogP contribution >= 0.6 is 11.9 Å². The topological polar surface area (TPSA) is 24.1 Å². The number of hydrogen-bond acceptors (Lipinski definition) is 3. The Hall–Kier alpha value is 0.270. The monoisotopic (exact) mass is 174 g/mol. The van der Waals surface area contributed by atoms with E-state index in [1.807, 2.05) is 11.9 Å². The lowest BCUT2D eigenvalue weighted by Gasteiger charge is -2.22.